The molecule has 0 bridgehead atoms. The van der Waals surface area contributed by atoms with E-state index in [1.807, 2.05) is 25.7 Å². The van der Waals surface area contributed by atoms with E-state index in [1.165, 1.54) is 31.0 Å². The van der Waals surface area contributed by atoms with Gasteiger partial charge in [0.1, 0.15) is 0 Å². The number of thioether (sulfide) groups is 1. The van der Waals surface area contributed by atoms with Gasteiger partial charge in [-0.15, -0.1) is 5.10 Å². The molecule has 24 heavy (non-hydrogen) atoms. The number of aryl methyl sites for hydroxylation is 2. The van der Waals surface area contributed by atoms with Crippen LogP contribution in [0.15, 0.2) is 5.16 Å². The van der Waals surface area contributed by atoms with Crippen LogP contribution in [0.5, 0.6) is 0 Å². The maximum absolute atomic E-state index is 12.5. The van der Waals surface area contributed by atoms with Crippen molar-refractivity contribution in [2.75, 3.05) is 18.8 Å². The molecule has 0 unspecified atom stereocenters. The fourth-order valence-electron chi connectivity index (χ4n) is 3.01. The van der Waals surface area contributed by atoms with E-state index in [-0.39, 0.29) is 5.91 Å². The molecule has 0 N–H and O–H groups in total. The minimum atomic E-state index is 0.192. The van der Waals surface area contributed by atoms with Gasteiger partial charge in [0, 0.05) is 24.5 Å². The normalized spacial score (nSPS) is 16.2. The Morgan fingerprint density at radius 2 is 1.71 bits per heavy atom. The van der Waals surface area contributed by atoms with Crippen molar-refractivity contribution >= 4 is 23.4 Å². The quantitative estimate of drug-likeness (QED) is 0.799. The van der Waals surface area contributed by atoms with E-state index in [4.69, 9.17) is 0 Å². The van der Waals surface area contributed by atoms with Gasteiger partial charge >= 0.3 is 0 Å². The van der Waals surface area contributed by atoms with Gasteiger partial charge in [0.2, 0.25) is 11.1 Å². The highest BCUT2D eigenvalue weighted by Gasteiger charge is 2.17. The van der Waals surface area contributed by atoms with Crippen LogP contribution in [0.25, 0.3) is 5.78 Å². The summed E-state index contributed by atoms with van der Waals surface area (Å²) in [5, 5.41) is 5.12. The van der Waals surface area contributed by atoms with Crippen LogP contribution >= 0.6 is 11.8 Å². The van der Waals surface area contributed by atoms with Crippen LogP contribution in [0.4, 0.5) is 0 Å². The summed E-state index contributed by atoms with van der Waals surface area (Å²) in [6.07, 6.45) is 5.99. The third-order valence-electron chi connectivity index (χ3n) is 4.77. The van der Waals surface area contributed by atoms with Gasteiger partial charge in [0.25, 0.3) is 5.78 Å². The van der Waals surface area contributed by atoms with Crippen LogP contribution in [0.1, 0.15) is 49.1 Å². The number of carbonyl (C=O) groups is 1. The Hall–Kier alpha value is -1.63. The fraction of sp³-hybridized carbons (Fsp3) is 0.647. The van der Waals surface area contributed by atoms with Gasteiger partial charge < -0.3 is 4.90 Å². The summed E-state index contributed by atoms with van der Waals surface area (Å²) < 4.78 is 1.77. The lowest BCUT2D eigenvalue weighted by Crippen LogP contribution is -2.35. The Morgan fingerprint density at radius 1 is 1.04 bits per heavy atom. The number of nitrogens with zero attached hydrogens (tertiary/aromatic N) is 5. The molecule has 1 aliphatic rings. The van der Waals surface area contributed by atoms with Crippen LogP contribution in [-0.2, 0) is 4.79 Å². The molecule has 2 aromatic heterocycles. The molecule has 3 heterocycles. The molecule has 2 aromatic rings. The standard InChI is InChI=1S/C17H25N5OS/c1-12-13(2)18-16-19-17(20-22(16)14(12)3)24-11-15(23)21-9-7-5-4-6-8-10-21/h4-11H2,1-3H3. The zero-order valence-electron chi connectivity index (χ0n) is 14.7. The first-order valence-corrected chi connectivity index (χ1v) is 9.66. The molecule has 1 amide bonds. The van der Waals surface area contributed by atoms with Crippen LogP contribution < -0.4 is 0 Å². The van der Waals surface area contributed by atoms with E-state index in [9.17, 15) is 4.79 Å². The molecule has 1 fully saturated rings. The van der Waals surface area contributed by atoms with Crippen LogP contribution in [-0.4, -0.2) is 49.2 Å². The number of fused-ring (bicyclic) bond motifs is 1. The molecule has 0 aromatic carbocycles. The predicted molar refractivity (Wildman–Crippen MR) is 95.4 cm³/mol. The van der Waals surface area contributed by atoms with Crippen LogP contribution in [0, 0.1) is 20.8 Å². The molecule has 1 aliphatic heterocycles. The SMILES string of the molecule is Cc1nc2nc(SCC(=O)N3CCCCCCC3)nn2c(C)c1C. The minimum absolute atomic E-state index is 0.192. The lowest BCUT2D eigenvalue weighted by Gasteiger charge is -2.24. The van der Waals surface area contributed by atoms with Crippen molar-refractivity contribution in [3.63, 3.8) is 0 Å². The van der Waals surface area contributed by atoms with Gasteiger partial charge in [-0.05, 0) is 39.2 Å². The van der Waals surface area contributed by atoms with Crippen LogP contribution in [0.3, 0.4) is 0 Å². The molecular weight excluding hydrogens is 322 g/mol. The number of carbonyl (C=O) groups excluding carboxylic acids is 1. The third-order valence-corrected chi connectivity index (χ3v) is 5.60. The molecule has 0 radical (unpaired) electrons. The van der Waals surface area contributed by atoms with E-state index >= 15 is 0 Å². The van der Waals surface area contributed by atoms with Gasteiger partial charge in [-0.2, -0.15) is 4.98 Å². The summed E-state index contributed by atoms with van der Waals surface area (Å²) in [7, 11) is 0. The van der Waals surface area contributed by atoms with Crippen molar-refractivity contribution in [2.45, 2.75) is 58.0 Å². The highest BCUT2D eigenvalue weighted by molar-refractivity contribution is 7.99. The van der Waals surface area contributed by atoms with E-state index < -0.39 is 0 Å². The number of hydrogen-bond donors (Lipinski definition) is 0. The first-order chi connectivity index (χ1) is 11.6. The predicted octanol–water partition coefficient (Wildman–Crippen LogP) is 2.93. The van der Waals surface area contributed by atoms with Crippen molar-refractivity contribution < 1.29 is 4.79 Å². The molecule has 0 aliphatic carbocycles. The second kappa shape index (κ2) is 7.51. The summed E-state index contributed by atoms with van der Waals surface area (Å²) in [4.78, 5) is 23.4. The number of likely N-dealkylation sites (tertiary alicyclic amines) is 1. The maximum Gasteiger partial charge on any atom is 0.253 e. The first kappa shape index (κ1) is 17.2. The summed E-state index contributed by atoms with van der Waals surface area (Å²) in [5.74, 6) is 1.20. The highest BCUT2D eigenvalue weighted by atomic mass is 32.2. The first-order valence-electron chi connectivity index (χ1n) is 8.67. The lowest BCUT2D eigenvalue weighted by atomic mass is 10.1. The minimum Gasteiger partial charge on any atom is -0.342 e. The topological polar surface area (TPSA) is 63.4 Å². The van der Waals surface area contributed by atoms with E-state index in [0.717, 1.165) is 42.9 Å². The maximum atomic E-state index is 12.5. The van der Waals surface area contributed by atoms with Gasteiger partial charge in [-0.1, -0.05) is 31.0 Å². The zero-order chi connectivity index (χ0) is 17.1. The largest absolute Gasteiger partial charge is 0.342 e. The molecule has 7 heteroatoms. The summed E-state index contributed by atoms with van der Waals surface area (Å²) >= 11 is 1.41. The van der Waals surface area contributed by atoms with Crippen molar-refractivity contribution in [1.29, 1.82) is 0 Å². The smallest absolute Gasteiger partial charge is 0.253 e. The number of hydrogen-bond acceptors (Lipinski definition) is 5. The van der Waals surface area contributed by atoms with Crippen LogP contribution in [0.2, 0.25) is 0 Å². The second-order valence-corrected chi connectivity index (χ2v) is 7.39. The van der Waals surface area contributed by atoms with Gasteiger partial charge in [0.15, 0.2) is 0 Å². The number of amides is 1. The molecule has 0 atom stereocenters. The van der Waals surface area contributed by atoms with Gasteiger partial charge in [-0.3, -0.25) is 4.79 Å². The third kappa shape index (κ3) is 3.71. The molecule has 3 rings (SSSR count). The molecule has 6 nitrogen and oxygen atoms in total. The van der Waals surface area contributed by atoms with Crippen molar-refractivity contribution in [1.82, 2.24) is 24.5 Å². The molecule has 1 saturated heterocycles. The Balaban J connectivity index is 1.66. The summed E-state index contributed by atoms with van der Waals surface area (Å²) in [6, 6.07) is 0. The second-order valence-electron chi connectivity index (χ2n) is 6.45. The Morgan fingerprint density at radius 3 is 2.42 bits per heavy atom. The van der Waals surface area contributed by atoms with Gasteiger partial charge in [0.05, 0.1) is 5.75 Å². The Kier molecular flexibility index (Phi) is 5.38. The van der Waals surface area contributed by atoms with E-state index in [1.54, 1.807) is 4.52 Å². The lowest BCUT2D eigenvalue weighted by molar-refractivity contribution is -0.128. The summed E-state index contributed by atoms with van der Waals surface area (Å²) in [5.41, 5.74) is 3.15. The number of aromatic nitrogens is 4. The molecule has 0 saturated carbocycles. The Bertz CT molecular complexity index is 734. The fourth-order valence-corrected chi connectivity index (χ4v) is 3.73. The van der Waals surface area contributed by atoms with Crippen molar-refractivity contribution in [3.8, 4) is 0 Å². The molecular formula is C17H25N5OS. The highest BCUT2D eigenvalue weighted by Crippen LogP contribution is 2.19. The molecule has 130 valence electrons. The monoisotopic (exact) mass is 347 g/mol. The average Bonchev–Trinajstić information content (AvgIpc) is 2.93. The zero-order valence-corrected chi connectivity index (χ0v) is 15.5. The van der Waals surface area contributed by atoms with Gasteiger partial charge in [-0.25, -0.2) is 9.50 Å². The van der Waals surface area contributed by atoms with Crippen molar-refractivity contribution in [3.05, 3.63) is 17.0 Å². The van der Waals surface area contributed by atoms with E-state index in [0.29, 0.717) is 16.7 Å². The molecule has 0 spiro atoms. The summed E-state index contributed by atoms with van der Waals surface area (Å²) in [6.45, 7) is 7.81. The number of rotatable bonds is 3. The van der Waals surface area contributed by atoms with Crippen molar-refractivity contribution in [2.24, 2.45) is 0 Å². The Labute approximate surface area is 147 Å². The average molecular weight is 347 g/mol. The van der Waals surface area contributed by atoms with E-state index in [2.05, 4.69) is 15.1 Å².